The number of rotatable bonds is 5. The second-order valence-corrected chi connectivity index (χ2v) is 4.26. The van der Waals surface area contributed by atoms with Crippen LogP contribution < -0.4 is 5.32 Å². The van der Waals surface area contributed by atoms with Crippen molar-refractivity contribution in [2.75, 3.05) is 6.54 Å². The highest BCUT2D eigenvalue weighted by Gasteiger charge is 2.14. The lowest BCUT2D eigenvalue weighted by molar-refractivity contribution is 0.476. The van der Waals surface area contributed by atoms with Crippen LogP contribution in [0.15, 0.2) is 18.2 Å². The molecule has 3 heteroatoms. The van der Waals surface area contributed by atoms with Crippen molar-refractivity contribution < 1.29 is 8.78 Å². The molecule has 1 aromatic rings. The summed E-state index contributed by atoms with van der Waals surface area (Å²) in [6.45, 7) is 6.98. The molecule has 2 unspecified atom stereocenters. The van der Waals surface area contributed by atoms with Crippen LogP contribution in [-0.4, -0.2) is 12.6 Å². The molecule has 0 saturated heterocycles. The Morgan fingerprint density at radius 2 is 1.94 bits per heavy atom. The molecule has 0 spiro atoms. The van der Waals surface area contributed by atoms with Gasteiger partial charge in [0.15, 0.2) is 0 Å². The van der Waals surface area contributed by atoms with Crippen LogP contribution >= 0.6 is 0 Å². The number of benzene rings is 1. The molecule has 1 nitrogen and oxygen atoms in total. The molecule has 0 fully saturated rings. The minimum Gasteiger partial charge on any atom is -0.315 e. The summed E-state index contributed by atoms with van der Waals surface area (Å²) in [5.41, 5.74) is 0.589. The van der Waals surface area contributed by atoms with Crippen molar-refractivity contribution >= 4 is 0 Å². The van der Waals surface area contributed by atoms with Gasteiger partial charge in [-0.2, -0.15) is 0 Å². The van der Waals surface area contributed by atoms with Gasteiger partial charge in [0.05, 0.1) is 0 Å². The first-order chi connectivity index (χ1) is 7.54. The molecule has 0 saturated carbocycles. The topological polar surface area (TPSA) is 12.0 Å². The van der Waals surface area contributed by atoms with E-state index in [1.165, 1.54) is 12.1 Å². The van der Waals surface area contributed by atoms with Gasteiger partial charge in [-0.25, -0.2) is 8.78 Å². The van der Waals surface area contributed by atoms with Crippen LogP contribution in [0.2, 0.25) is 0 Å². The number of hydrogen-bond donors (Lipinski definition) is 1. The van der Waals surface area contributed by atoms with Crippen LogP contribution in [-0.2, 0) is 0 Å². The van der Waals surface area contributed by atoms with E-state index in [-0.39, 0.29) is 5.92 Å². The van der Waals surface area contributed by atoms with Gasteiger partial charge >= 0.3 is 0 Å². The SMILES string of the molecule is CCNC(C)CC(C)c1ccc(F)cc1F. The van der Waals surface area contributed by atoms with Crippen LogP contribution in [0.4, 0.5) is 8.78 Å². The van der Waals surface area contributed by atoms with Crippen LogP contribution in [0, 0.1) is 11.6 Å². The Hall–Kier alpha value is -0.960. The monoisotopic (exact) mass is 227 g/mol. The first-order valence-electron chi connectivity index (χ1n) is 5.73. The fraction of sp³-hybridized carbons (Fsp3) is 0.538. The maximum atomic E-state index is 13.5. The molecule has 1 N–H and O–H groups in total. The standard InChI is InChI=1S/C13H19F2N/c1-4-16-10(3)7-9(2)12-6-5-11(14)8-13(12)15/h5-6,8-10,16H,4,7H2,1-3H3. The van der Waals surface area contributed by atoms with Gasteiger partial charge in [0, 0.05) is 12.1 Å². The van der Waals surface area contributed by atoms with E-state index < -0.39 is 11.6 Å². The summed E-state index contributed by atoms with van der Waals surface area (Å²) in [4.78, 5) is 0. The summed E-state index contributed by atoms with van der Waals surface area (Å²) in [5, 5.41) is 3.28. The minimum absolute atomic E-state index is 0.0923. The molecule has 0 aliphatic carbocycles. The van der Waals surface area contributed by atoms with Crippen molar-refractivity contribution in [2.24, 2.45) is 0 Å². The van der Waals surface area contributed by atoms with Crippen molar-refractivity contribution in [1.82, 2.24) is 5.32 Å². The normalized spacial score (nSPS) is 14.8. The van der Waals surface area contributed by atoms with E-state index in [1.54, 1.807) is 0 Å². The average Bonchev–Trinajstić information content (AvgIpc) is 2.17. The van der Waals surface area contributed by atoms with Gasteiger partial charge < -0.3 is 5.32 Å². The van der Waals surface area contributed by atoms with Crippen LogP contribution in [0.5, 0.6) is 0 Å². The molecule has 2 atom stereocenters. The highest BCUT2D eigenvalue weighted by Crippen LogP contribution is 2.23. The van der Waals surface area contributed by atoms with Gasteiger partial charge in [-0.15, -0.1) is 0 Å². The van der Waals surface area contributed by atoms with Gasteiger partial charge in [-0.1, -0.05) is 19.9 Å². The number of halogens is 2. The Bertz CT molecular complexity index is 339. The lowest BCUT2D eigenvalue weighted by Crippen LogP contribution is -2.27. The van der Waals surface area contributed by atoms with Crippen LogP contribution in [0.1, 0.15) is 38.7 Å². The third-order valence-electron chi connectivity index (χ3n) is 2.75. The van der Waals surface area contributed by atoms with Crippen LogP contribution in [0.25, 0.3) is 0 Å². The van der Waals surface area contributed by atoms with Gasteiger partial charge in [0.1, 0.15) is 11.6 Å². The fourth-order valence-electron chi connectivity index (χ4n) is 1.99. The predicted octanol–water partition coefficient (Wildman–Crippen LogP) is 3.46. The van der Waals surface area contributed by atoms with Gasteiger partial charge in [-0.3, -0.25) is 0 Å². The Kier molecular flexibility index (Phi) is 4.87. The zero-order chi connectivity index (χ0) is 12.1. The summed E-state index contributed by atoms with van der Waals surface area (Å²) in [6.07, 6.45) is 0.844. The maximum absolute atomic E-state index is 13.5. The van der Waals surface area contributed by atoms with Gasteiger partial charge in [0.25, 0.3) is 0 Å². The summed E-state index contributed by atoms with van der Waals surface area (Å²) in [6, 6.07) is 4.13. The third kappa shape index (κ3) is 3.56. The Balaban J connectivity index is 2.69. The molecule has 0 aliphatic heterocycles. The molecule has 0 aromatic heterocycles. The molecular weight excluding hydrogens is 208 g/mol. The third-order valence-corrected chi connectivity index (χ3v) is 2.75. The summed E-state index contributed by atoms with van der Waals surface area (Å²) < 4.78 is 26.2. The highest BCUT2D eigenvalue weighted by molar-refractivity contribution is 5.22. The van der Waals surface area contributed by atoms with Gasteiger partial charge in [-0.05, 0) is 37.4 Å². The molecular formula is C13H19F2N. The van der Waals surface area contributed by atoms with Gasteiger partial charge in [0.2, 0.25) is 0 Å². The van der Waals surface area contributed by atoms with E-state index in [0.29, 0.717) is 11.6 Å². The predicted molar refractivity (Wildman–Crippen MR) is 62.5 cm³/mol. The smallest absolute Gasteiger partial charge is 0.129 e. The van der Waals surface area contributed by atoms with Crippen LogP contribution in [0.3, 0.4) is 0 Å². The van der Waals surface area contributed by atoms with Crippen molar-refractivity contribution in [2.45, 2.75) is 39.2 Å². The lowest BCUT2D eigenvalue weighted by atomic mass is 9.94. The largest absolute Gasteiger partial charge is 0.315 e. The fourth-order valence-corrected chi connectivity index (χ4v) is 1.99. The minimum atomic E-state index is -0.520. The molecule has 1 aromatic carbocycles. The second kappa shape index (κ2) is 5.94. The summed E-state index contributed by atoms with van der Waals surface area (Å²) >= 11 is 0. The molecule has 0 amide bonds. The van der Waals surface area contributed by atoms with E-state index in [9.17, 15) is 8.78 Å². The quantitative estimate of drug-likeness (QED) is 0.812. The van der Waals surface area contributed by atoms with Crippen molar-refractivity contribution in [3.05, 3.63) is 35.4 Å². The molecule has 0 heterocycles. The van der Waals surface area contributed by atoms with E-state index in [4.69, 9.17) is 0 Å². The Morgan fingerprint density at radius 1 is 1.25 bits per heavy atom. The average molecular weight is 227 g/mol. The zero-order valence-electron chi connectivity index (χ0n) is 10.1. The van der Waals surface area contributed by atoms with E-state index in [0.717, 1.165) is 19.0 Å². The van der Waals surface area contributed by atoms with Crippen molar-refractivity contribution in [1.29, 1.82) is 0 Å². The second-order valence-electron chi connectivity index (χ2n) is 4.26. The first-order valence-corrected chi connectivity index (χ1v) is 5.73. The molecule has 1 rings (SSSR count). The van der Waals surface area contributed by atoms with E-state index in [2.05, 4.69) is 12.2 Å². The van der Waals surface area contributed by atoms with Crippen molar-refractivity contribution in [3.8, 4) is 0 Å². The molecule has 0 radical (unpaired) electrons. The van der Waals surface area contributed by atoms with E-state index in [1.807, 2.05) is 13.8 Å². The Morgan fingerprint density at radius 3 is 2.50 bits per heavy atom. The summed E-state index contributed by atoms with van der Waals surface area (Å²) in [7, 11) is 0. The Labute approximate surface area is 95.9 Å². The van der Waals surface area contributed by atoms with Crippen molar-refractivity contribution in [3.63, 3.8) is 0 Å². The molecule has 90 valence electrons. The maximum Gasteiger partial charge on any atom is 0.129 e. The number of hydrogen-bond acceptors (Lipinski definition) is 1. The molecule has 16 heavy (non-hydrogen) atoms. The zero-order valence-corrected chi connectivity index (χ0v) is 10.1. The first kappa shape index (κ1) is 13.1. The number of nitrogens with one attached hydrogen (secondary N) is 1. The highest BCUT2D eigenvalue weighted by atomic mass is 19.1. The van der Waals surface area contributed by atoms with E-state index >= 15 is 0 Å². The molecule has 0 bridgehead atoms. The lowest BCUT2D eigenvalue weighted by Gasteiger charge is -2.18. The summed E-state index contributed by atoms with van der Waals surface area (Å²) in [5.74, 6) is -0.876. The molecule has 0 aliphatic rings.